The molecule has 1 aliphatic carbocycles. The van der Waals surface area contributed by atoms with Gasteiger partial charge in [0.15, 0.2) is 0 Å². The summed E-state index contributed by atoms with van der Waals surface area (Å²) >= 11 is 0. The van der Waals surface area contributed by atoms with E-state index in [0.29, 0.717) is 36.1 Å². The van der Waals surface area contributed by atoms with Gasteiger partial charge >= 0.3 is 0 Å². The molecular weight excluding hydrogens is 737 g/mol. The lowest BCUT2D eigenvalue weighted by Gasteiger charge is -2.34. The van der Waals surface area contributed by atoms with Crippen LogP contribution in [0.1, 0.15) is 71.4 Å². The van der Waals surface area contributed by atoms with Crippen LogP contribution in [-0.4, -0.2) is 72.9 Å². The Balaban J connectivity index is 0.683. The molecule has 2 aromatic carbocycles. The number of aryl methyl sites for hydroxylation is 1. The Hall–Kier alpha value is -7.07. The second-order valence-electron chi connectivity index (χ2n) is 14.7. The number of hydrogen-bond acceptors (Lipinski definition) is 10. The van der Waals surface area contributed by atoms with Crippen LogP contribution in [0.3, 0.4) is 0 Å². The van der Waals surface area contributed by atoms with E-state index < -0.39 is 29.7 Å². The van der Waals surface area contributed by atoms with Gasteiger partial charge in [0.05, 0.1) is 29.4 Å². The van der Waals surface area contributed by atoms with Crippen LogP contribution in [-0.2, 0) is 16.6 Å². The van der Waals surface area contributed by atoms with Crippen LogP contribution in [0, 0.1) is 11.8 Å². The highest BCUT2D eigenvalue weighted by Crippen LogP contribution is 2.34. The molecule has 13 nitrogen and oxygen atoms in total. The maximum Gasteiger partial charge on any atom is 0.262 e. The molecule has 2 fully saturated rings. The van der Waals surface area contributed by atoms with E-state index in [4.69, 9.17) is 14.2 Å². The molecule has 1 N–H and O–H groups in total. The molecule has 2 aliphatic heterocycles. The third kappa shape index (κ3) is 7.20. The highest BCUT2D eigenvalue weighted by atomic mass is 16.5. The van der Waals surface area contributed by atoms with Crippen LogP contribution in [0.15, 0.2) is 91.5 Å². The lowest BCUT2D eigenvalue weighted by atomic mass is 9.92. The highest BCUT2D eigenvalue weighted by molar-refractivity contribution is 6.23. The molecule has 6 heterocycles. The average molecular weight is 775 g/mol. The zero-order valence-corrected chi connectivity index (χ0v) is 31.6. The lowest BCUT2D eigenvalue weighted by molar-refractivity contribution is -0.136. The zero-order valence-electron chi connectivity index (χ0n) is 31.6. The number of carbonyl (C=O) groups excluding carboxylic acids is 4. The summed E-state index contributed by atoms with van der Waals surface area (Å²) in [7, 11) is 2.08. The number of unbranched alkanes of at least 4 members (excludes halogenated alkanes) is 2. The first kappa shape index (κ1) is 36.6. The Morgan fingerprint density at radius 2 is 1.60 bits per heavy atom. The van der Waals surface area contributed by atoms with Gasteiger partial charge in [-0.05, 0) is 79.3 Å². The van der Waals surface area contributed by atoms with Crippen molar-refractivity contribution < 1.29 is 33.4 Å². The van der Waals surface area contributed by atoms with Gasteiger partial charge in [-0.2, -0.15) is 0 Å². The quantitative estimate of drug-likeness (QED) is 0.0918. The molecule has 1 atom stereocenters. The number of rotatable bonds is 11. The van der Waals surface area contributed by atoms with Gasteiger partial charge in [0.1, 0.15) is 35.4 Å². The van der Waals surface area contributed by atoms with Crippen LogP contribution >= 0.6 is 0 Å². The summed E-state index contributed by atoms with van der Waals surface area (Å²) in [6.45, 7) is 0.405. The summed E-state index contributed by atoms with van der Waals surface area (Å²) in [5.74, 6) is 5.82. The van der Waals surface area contributed by atoms with Crippen LogP contribution in [0.2, 0.25) is 0 Å². The van der Waals surface area contributed by atoms with Gasteiger partial charge in [0.25, 0.3) is 11.8 Å². The van der Waals surface area contributed by atoms with Gasteiger partial charge in [-0.1, -0.05) is 18.1 Å². The summed E-state index contributed by atoms with van der Waals surface area (Å²) in [5, 5.41) is 4.52. The van der Waals surface area contributed by atoms with Gasteiger partial charge in [-0.15, -0.1) is 0 Å². The number of aromatic nitrogens is 4. The monoisotopic (exact) mass is 774 g/mol. The number of carbonyl (C=O) groups is 4. The van der Waals surface area contributed by atoms with E-state index in [2.05, 4.69) is 61.9 Å². The minimum Gasteiger partial charge on any atom is -0.494 e. The van der Waals surface area contributed by atoms with E-state index >= 15 is 0 Å². The third-order valence-corrected chi connectivity index (χ3v) is 10.8. The predicted molar refractivity (Wildman–Crippen MR) is 213 cm³/mol. The largest absolute Gasteiger partial charge is 0.494 e. The Morgan fingerprint density at radius 3 is 2.41 bits per heavy atom. The van der Waals surface area contributed by atoms with Gasteiger partial charge in [-0.25, -0.2) is 9.97 Å². The SMILES string of the molecule is Cn1c2ccncc2c2ccc(-c3ccc(OC4CC(Oc5ccc(C#CCCCCOc6ccc7c(c6)C(=O)N(C6CCC(=O)NC6=O)C7=O)nc5)C4)nc3)cc21. The van der Waals surface area contributed by atoms with Crippen molar-refractivity contribution in [3.05, 3.63) is 108 Å². The molecule has 290 valence electrons. The van der Waals surface area contributed by atoms with Crippen molar-refractivity contribution >= 4 is 45.4 Å². The van der Waals surface area contributed by atoms with Crippen LogP contribution in [0.4, 0.5) is 0 Å². The normalized spacial score (nSPS) is 18.7. The van der Waals surface area contributed by atoms with Crippen molar-refractivity contribution in [2.24, 2.45) is 7.05 Å². The maximum atomic E-state index is 13.0. The first-order chi connectivity index (χ1) is 28.3. The molecule has 58 heavy (non-hydrogen) atoms. The fourth-order valence-electron chi connectivity index (χ4n) is 7.65. The number of piperidine rings is 1. The molecule has 1 saturated carbocycles. The van der Waals surface area contributed by atoms with Gasteiger partial charge < -0.3 is 18.8 Å². The van der Waals surface area contributed by atoms with E-state index in [-0.39, 0.29) is 36.2 Å². The number of ether oxygens (including phenoxy) is 3. The number of amides is 4. The summed E-state index contributed by atoms with van der Waals surface area (Å²) < 4.78 is 20.3. The first-order valence-corrected chi connectivity index (χ1v) is 19.3. The summed E-state index contributed by atoms with van der Waals surface area (Å²) in [6.07, 6.45) is 11.2. The Kier molecular flexibility index (Phi) is 9.75. The summed E-state index contributed by atoms with van der Waals surface area (Å²) in [4.78, 5) is 64.0. The Bertz CT molecular complexity index is 2660. The number of fused-ring (bicyclic) bond motifs is 4. The molecule has 13 heteroatoms. The van der Waals surface area contributed by atoms with E-state index in [9.17, 15) is 19.2 Å². The smallest absolute Gasteiger partial charge is 0.262 e. The number of hydrogen-bond donors (Lipinski definition) is 1. The Morgan fingerprint density at radius 1 is 0.776 bits per heavy atom. The minimum atomic E-state index is -1.00. The van der Waals surface area contributed by atoms with E-state index in [1.807, 2.05) is 48.9 Å². The highest BCUT2D eigenvalue weighted by Gasteiger charge is 2.44. The van der Waals surface area contributed by atoms with Crippen molar-refractivity contribution in [3.8, 4) is 40.3 Å². The van der Waals surface area contributed by atoms with Crippen LogP contribution in [0.25, 0.3) is 32.9 Å². The number of nitrogens with zero attached hydrogens (tertiary/aromatic N) is 5. The standard InChI is InChI=1S/C45H38N6O7/c1-50-38-17-18-46-26-37(38)34-12-7-27(20-40(34)50)28-8-16-42(48-24-28)58-33-21-32(22-33)57-31-10-9-29(47-25-31)6-4-2-3-5-19-56-30-11-13-35-36(23-30)45(55)51(44(35)54)39-14-15-41(52)49-43(39)53/h7-13,16-18,20,23-26,32-33,39H,2-3,5,14-15,19,21-22H2,1H3,(H,49,52,53). The van der Waals surface area contributed by atoms with Crippen molar-refractivity contribution in [1.29, 1.82) is 0 Å². The molecule has 0 radical (unpaired) electrons. The van der Waals surface area contributed by atoms with E-state index in [1.54, 1.807) is 12.3 Å². The number of imide groups is 2. The molecule has 9 rings (SSSR count). The van der Waals surface area contributed by atoms with Gasteiger partial charge in [0.2, 0.25) is 17.7 Å². The molecule has 3 aliphatic rings. The topological polar surface area (TPSA) is 155 Å². The second-order valence-corrected chi connectivity index (χ2v) is 14.7. The van der Waals surface area contributed by atoms with Crippen LogP contribution < -0.4 is 19.5 Å². The molecule has 0 spiro atoms. The zero-order chi connectivity index (χ0) is 39.8. The predicted octanol–water partition coefficient (Wildman–Crippen LogP) is 6.17. The maximum absolute atomic E-state index is 13.0. The summed E-state index contributed by atoms with van der Waals surface area (Å²) in [5.41, 5.74) is 5.48. The fraction of sp³-hybridized carbons (Fsp3) is 0.267. The lowest BCUT2D eigenvalue weighted by Crippen LogP contribution is -2.54. The molecule has 0 bridgehead atoms. The molecule has 1 saturated heterocycles. The number of nitrogens with one attached hydrogen (secondary N) is 1. The summed E-state index contributed by atoms with van der Waals surface area (Å²) in [6, 6.07) is 19.9. The molecular formula is C45H38N6O7. The van der Waals surface area contributed by atoms with Crippen molar-refractivity contribution in [1.82, 2.24) is 29.7 Å². The number of pyridine rings is 3. The first-order valence-electron chi connectivity index (χ1n) is 19.3. The second kappa shape index (κ2) is 15.5. The Labute approximate surface area is 333 Å². The van der Waals surface area contributed by atoms with Crippen molar-refractivity contribution in [2.75, 3.05) is 6.61 Å². The number of benzene rings is 2. The van der Waals surface area contributed by atoms with Gasteiger partial charge in [-0.3, -0.25) is 34.4 Å². The molecule has 4 amide bonds. The van der Waals surface area contributed by atoms with Crippen molar-refractivity contribution in [2.45, 2.75) is 63.2 Å². The van der Waals surface area contributed by atoms with Gasteiger partial charge in [0, 0.05) is 79.2 Å². The molecule has 1 unspecified atom stereocenters. The minimum absolute atomic E-state index is 0.0358. The third-order valence-electron chi connectivity index (χ3n) is 10.8. The fourth-order valence-corrected chi connectivity index (χ4v) is 7.65. The van der Waals surface area contributed by atoms with E-state index in [0.717, 1.165) is 58.1 Å². The molecule has 4 aromatic heterocycles. The molecule has 6 aromatic rings. The van der Waals surface area contributed by atoms with E-state index in [1.165, 1.54) is 17.5 Å². The average Bonchev–Trinajstić information content (AvgIpc) is 3.65. The van der Waals surface area contributed by atoms with Crippen LogP contribution in [0.5, 0.6) is 17.4 Å². The van der Waals surface area contributed by atoms with Crippen molar-refractivity contribution in [3.63, 3.8) is 0 Å².